The molecule has 2 aromatic heterocycles. The Morgan fingerprint density at radius 3 is 2.53 bits per heavy atom. The van der Waals surface area contributed by atoms with Crippen molar-refractivity contribution in [1.82, 2.24) is 14.8 Å². The first-order valence-corrected chi connectivity index (χ1v) is 10.8. The van der Waals surface area contributed by atoms with Crippen molar-refractivity contribution in [1.29, 1.82) is 0 Å². The highest BCUT2D eigenvalue weighted by atomic mass is 32.1. The number of aryl methyl sites for hydroxylation is 2. The van der Waals surface area contributed by atoms with Crippen LogP contribution in [0.2, 0.25) is 0 Å². The van der Waals surface area contributed by atoms with Gasteiger partial charge in [0.15, 0.2) is 0 Å². The van der Waals surface area contributed by atoms with Crippen molar-refractivity contribution in [2.24, 2.45) is 0 Å². The van der Waals surface area contributed by atoms with Gasteiger partial charge in [0.2, 0.25) is 11.0 Å². The molecule has 152 valence electrons. The largest absolute Gasteiger partial charge is 0.326 e. The van der Waals surface area contributed by atoms with Crippen molar-refractivity contribution in [2.75, 3.05) is 5.32 Å². The van der Waals surface area contributed by atoms with Crippen LogP contribution in [0.25, 0.3) is 5.13 Å². The molecule has 30 heavy (non-hydrogen) atoms. The van der Waals surface area contributed by atoms with Crippen LogP contribution in [0.1, 0.15) is 33.8 Å². The van der Waals surface area contributed by atoms with Gasteiger partial charge in [-0.1, -0.05) is 48.5 Å². The minimum absolute atomic E-state index is 0.0701. The molecule has 0 saturated heterocycles. The van der Waals surface area contributed by atoms with Gasteiger partial charge in [0.05, 0.1) is 17.8 Å². The lowest BCUT2D eigenvalue weighted by Gasteiger charge is -2.07. The van der Waals surface area contributed by atoms with Crippen molar-refractivity contribution in [3.05, 3.63) is 93.7 Å². The molecule has 6 heteroatoms. The molecule has 0 bridgehead atoms. The molecule has 1 N–H and O–H groups in total. The predicted octanol–water partition coefficient (Wildman–Crippen LogP) is 5.03. The van der Waals surface area contributed by atoms with Gasteiger partial charge in [-0.15, -0.1) is 11.3 Å². The van der Waals surface area contributed by atoms with Crippen molar-refractivity contribution in [2.45, 2.75) is 33.6 Å². The van der Waals surface area contributed by atoms with Crippen LogP contribution in [0.4, 0.5) is 5.69 Å². The third-order valence-corrected chi connectivity index (χ3v) is 6.01. The molecule has 0 saturated carbocycles. The van der Waals surface area contributed by atoms with E-state index in [1.807, 2.05) is 54.2 Å². The van der Waals surface area contributed by atoms with Crippen molar-refractivity contribution >= 4 is 22.9 Å². The Labute approximate surface area is 180 Å². The predicted molar refractivity (Wildman–Crippen MR) is 121 cm³/mol. The average Bonchev–Trinajstić information content (AvgIpc) is 3.30. The number of hydrogen-bond acceptors (Lipinski definition) is 4. The van der Waals surface area contributed by atoms with Crippen LogP contribution in [-0.4, -0.2) is 20.7 Å². The molecular formula is C24H24N4OS. The molecule has 0 atom stereocenters. The number of nitrogens with zero attached hydrogens (tertiary/aromatic N) is 3. The first kappa shape index (κ1) is 20.0. The number of benzene rings is 2. The van der Waals surface area contributed by atoms with E-state index in [4.69, 9.17) is 5.10 Å². The Hall–Kier alpha value is -3.25. The number of amides is 1. The van der Waals surface area contributed by atoms with Crippen molar-refractivity contribution < 1.29 is 4.79 Å². The van der Waals surface area contributed by atoms with Gasteiger partial charge in [-0.05, 0) is 38.0 Å². The van der Waals surface area contributed by atoms with Gasteiger partial charge >= 0.3 is 0 Å². The maximum absolute atomic E-state index is 12.4. The molecule has 0 aliphatic rings. The van der Waals surface area contributed by atoms with Crippen LogP contribution in [0.15, 0.2) is 60.0 Å². The molecule has 1 amide bonds. The lowest BCUT2D eigenvalue weighted by molar-refractivity contribution is -0.115. The van der Waals surface area contributed by atoms with E-state index < -0.39 is 0 Å². The second-order valence-corrected chi connectivity index (χ2v) is 8.22. The third-order valence-electron chi connectivity index (χ3n) is 5.15. The third kappa shape index (κ3) is 4.33. The van der Waals surface area contributed by atoms with Gasteiger partial charge < -0.3 is 5.32 Å². The van der Waals surface area contributed by atoms with Crippen LogP contribution >= 0.6 is 11.3 Å². The van der Waals surface area contributed by atoms with E-state index >= 15 is 0 Å². The number of carbonyl (C=O) groups is 1. The summed E-state index contributed by atoms with van der Waals surface area (Å²) in [7, 11) is 0. The summed E-state index contributed by atoms with van der Waals surface area (Å²) < 4.78 is 1.89. The molecule has 0 radical (unpaired) electrons. The number of hydrogen-bond donors (Lipinski definition) is 1. The average molecular weight is 417 g/mol. The summed E-state index contributed by atoms with van der Waals surface area (Å²) in [5.74, 6) is -0.0701. The monoisotopic (exact) mass is 416 g/mol. The maximum atomic E-state index is 12.4. The number of anilines is 1. The van der Waals surface area contributed by atoms with Crippen LogP contribution < -0.4 is 5.32 Å². The summed E-state index contributed by atoms with van der Waals surface area (Å²) in [5.41, 5.74) is 7.19. The molecule has 0 aliphatic heterocycles. The number of rotatable bonds is 6. The first-order chi connectivity index (χ1) is 14.5. The fourth-order valence-corrected chi connectivity index (χ4v) is 4.29. The number of aromatic nitrogens is 3. The van der Waals surface area contributed by atoms with E-state index in [1.54, 1.807) is 0 Å². The Bertz CT molecular complexity index is 1180. The van der Waals surface area contributed by atoms with Crippen LogP contribution in [0, 0.1) is 20.8 Å². The lowest BCUT2D eigenvalue weighted by Crippen LogP contribution is -2.15. The van der Waals surface area contributed by atoms with E-state index in [0.29, 0.717) is 0 Å². The van der Waals surface area contributed by atoms with E-state index in [0.717, 1.165) is 39.9 Å². The highest BCUT2D eigenvalue weighted by Crippen LogP contribution is 2.23. The Balaban J connectivity index is 1.49. The zero-order valence-electron chi connectivity index (χ0n) is 17.3. The fraction of sp³-hybridized carbons (Fsp3) is 0.208. The van der Waals surface area contributed by atoms with E-state index in [-0.39, 0.29) is 12.3 Å². The molecule has 0 unspecified atom stereocenters. The highest BCUT2D eigenvalue weighted by Gasteiger charge is 2.16. The number of para-hydroxylation sites is 1. The minimum Gasteiger partial charge on any atom is -0.326 e. The molecular weight excluding hydrogens is 392 g/mol. The summed E-state index contributed by atoms with van der Waals surface area (Å²) in [4.78, 5) is 17.1. The van der Waals surface area contributed by atoms with E-state index in [9.17, 15) is 4.79 Å². The van der Waals surface area contributed by atoms with Gasteiger partial charge in [0.25, 0.3) is 0 Å². The lowest BCUT2D eigenvalue weighted by atomic mass is 10.0. The fourth-order valence-electron chi connectivity index (χ4n) is 3.46. The van der Waals surface area contributed by atoms with Gasteiger partial charge in [-0.2, -0.15) is 5.10 Å². The summed E-state index contributed by atoms with van der Waals surface area (Å²) in [5, 5.41) is 10.4. The molecule has 0 aliphatic carbocycles. The number of thiazole rings is 1. The van der Waals surface area contributed by atoms with Gasteiger partial charge in [-0.3, -0.25) is 4.79 Å². The van der Waals surface area contributed by atoms with E-state index in [1.165, 1.54) is 22.5 Å². The Morgan fingerprint density at radius 1 is 1.03 bits per heavy atom. The Kier molecular flexibility index (Phi) is 5.77. The molecule has 5 nitrogen and oxygen atoms in total. The number of nitrogens with one attached hydrogen (secondary N) is 1. The van der Waals surface area contributed by atoms with Crippen molar-refractivity contribution in [3.63, 3.8) is 0 Å². The smallest absolute Gasteiger partial charge is 0.230 e. The van der Waals surface area contributed by atoms with Gasteiger partial charge in [0, 0.05) is 28.7 Å². The second-order valence-electron chi connectivity index (χ2n) is 7.38. The first-order valence-electron chi connectivity index (χ1n) is 9.90. The van der Waals surface area contributed by atoms with Crippen LogP contribution in [-0.2, 0) is 17.6 Å². The summed E-state index contributed by atoms with van der Waals surface area (Å²) in [6, 6.07) is 18.2. The Morgan fingerprint density at radius 2 is 1.77 bits per heavy atom. The van der Waals surface area contributed by atoms with Gasteiger partial charge in [-0.25, -0.2) is 9.67 Å². The maximum Gasteiger partial charge on any atom is 0.230 e. The van der Waals surface area contributed by atoms with Crippen LogP contribution in [0.3, 0.4) is 0 Å². The molecule has 0 fully saturated rings. The SMILES string of the molecule is Cc1ccccc1NC(=O)Cc1csc(-n2nc(C)c(Cc3ccccc3)c2C)n1. The highest BCUT2D eigenvalue weighted by molar-refractivity contribution is 7.12. The molecule has 0 spiro atoms. The molecule has 2 heterocycles. The summed E-state index contributed by atoms with van der Waals surface area (Å²) in [6.07, 6.45) is 1.08. The van der Waals surface area contributed by atoms with Crippen LogP contribution in [0.5, 0.6) is 0 Å². The van der Waals surface area contributed by atoms with Crippen molar-refractivity contribution in [3.8, 4) is 5.13 Å². The minimum atomic E-state index is -0.0701. The van der Waals surface area contributed by atoms with E-state index in [2.05, 4.69) is 41.5 Å². The summed E-state index contributed by atoms with van der Waals surface area (Å²) in [6.45, 7) is 6.09. The summed E-state index contributed by atoms with van der Waals surface area (Å²) >= 11 is 1.51. The normalized spacial score (nSPS) is 10.9. The topological polar surface area (TPSA) is 59.8 Å². The second kappa shape index (κ2) is 8.63. The molecule has 4 aromatic rings. The quantitative estimate of drug-likeness (QED) is 0.480. The number of carbonyl (C=O) groups excluding carboxylic acids is 1. The molecule has 4 rings (SSSR count). The zero-order chi connectivity index (χ0) is 21.1. The zero-order valence-corrected chi connectivity index (χ0v) is 18.2. The molecule has 2 aromatic carbocycles. The standard InChI is InChI=1S/C24H24N4OS/c1-16-9-7-8-12-22(16)26-23(29)14-20-15-30-24(25-20)28-18(3)21(17(2)27-28)13-19-10-5-4-6-11-19/h4-12,15H,13-14H2,1-3H3,(H,26,29). The van der Waals surface area contributed by atoms with Gasteiger partial charge in [0.1, 0.15) is 0 Å².